The topological polar surface area (TPSA) is 59.0 Å². The van der Waals surface area contributed by atoms with Crippen LogP contribution in [-0.4, -0.2) is 21.5 Å². The molecule has 2 aromatic rings. The maximum atomic E-state index is 10.9. The Morgan fingerprint density at radius 2 is 2.10 bits per heavy atom. The molecular weight excluding hydrogens is 252 g/mol. The lowest BCUT2D eigenvalue weighted by Crippen LogP contribution is -2.29. The smallest absolute Gasteiger partial charge is 0.221 e. The Bertz CT molecular complexity index is 534. The monoisotopic (exact) mass is 272 g/mol. The zero-order valence-electron chi connectivity index (χ0n) is 11.8. The molecule has 1 aromatic carbocycles. The number of hydrogen-bond donors (Lipinski definition) is 2. The van der Waals surface area contributed by atoms with Crippen LogP contribution in [0.5, 0.6) is 0 Å². The molecule has 106 valence electrons. The van der Waals surface area contributed by atoms with Crippen LogP contribution in [0.15, 0.2) is 43.0 Å². The Balaban J connectivity index is 1.80. The molecule has 0 fully saturated rings. The van der Waals surface area contributed by atoms with Gasteiger partial charge < -0.3 is 15.2 Å². The van der Waals surface area contributed by atoms with Gasteiger partial charge in [0.2, 0.25) is 5.91 Å². The van der Waals surface area contributed by atoms with Crippen LogP contribution < -0.4 is 10.6 Å². The highest BCUT2D eigenvalue weighted by Gasteiger charge is 2.02. The number of hydrogen-bond acceptors (Lipinski definition) is 3. The molecular formula is C15H20N4O. The van der Waals surface area contributed by atoms with Crippen LogP contribution in [0.3, 0.4) is 0 Å². The predicted octanol–water partition coefficient (Wildman–Crippen LogP) is 2.02. The van der Waals surface area contributed by atoms with Gasteiger partial charge in [-0.15, -0.1) is 0 Å². The lowest BCUT2D eigenvalue weighted by Gasteiger charge is -2.14. The van der Waals surface area contributed by atoms with Gasteiger partial charge in [0.05, 0.1) is 6.33 Å². The van der Waals surface area contributed by atoms with Crippen LogP contribution in [0.25, 0.3) is 0 Å². The van der Waals surface area contributed by atoms with Gasteiger partial charge in [-0.05, 0) is 24.6 Å². The molecule has 20 heavy (non-hydrogen) atoms. The average molecular weight is 272 g/mol. The molecule has 1 heterocycles. The molecule has 2 N–H and O–H groups in total. The summed E-state index contributed by atoms with van der Waals surface area (Å²) in [5.74, 6) is -0.0511. The molecule has 1 atom stereocenters. The van der Waals surface area contributed by atoms with E-state index >= 15 is 0 Å². The van der Waals surface area contributed by atoms with Crippen molar-refractivity contribution in [3.8, 4) is 0 Å². The molecule has 0 aliphatic carbocycles. The molecule has 0 spiro atoms. The van der Waals surface area contributed by atoms with Crippen LogP contribution in [0.4, 0.5) is 5.69 Å². The third kappa shape index (κ3) is 4.51. The first-order valence-corrected chi connectivity index (χ1v) is 6.69. The zero-order valence-corrected chi connectivity index (χ0v) is 11.8. The van der Waals surface area contributed by atoms with Gasteiger partial charge in [0.15, 0.2) is 0 Å². The summed E-state index contributed by atoms with van der Waals surface area (Å²) in [5, 5.41) is 6.22. The van der Waals surface area contributed by atoms with Gasteiger partial charge >= 0.3 is 0 Å². The number of carbonyl (C=O) groups is 1. The standard InChI is InChI=1S/C15H20N4O/c1-12(10-19-8-7-16-11-19)17-9-14-3-5-15(6-4-14)18-13(2)20/h3-8,11-12,17H,9-10H2,1-2H3,(H,18,20)/t12-/m0/s1. The Kier molecular flexibility index (Phi) is 4.90. The summed E-state index contributed by atoms with van der Waals surface area (Å²) >= 11 is 0. The predicted molar refractivity (Wildman–Crippen MR) is 79.3 cm³/mol. The fourth-order valence-corrected chi connectivity index (χ4v) is 1.98. The fraction of sp³-hybridized carbons (Fsp3) is 0.333. The summed E-state index contributed by atoms with van der Waals surface area (Å²) in [6.45, 7) is 5.35. The minimum absolute atomic E-state index is 0.0511. The van der Waals surface area contributed by atoms with E-state index in [1.807, 2.05) is 36.8 Å². The molecule has 0 radical (unpaired) electrons. The van der Waals surface area contributed by atoms with Gasteiger partial charge in [-0.2, -0.15) is 0 Å². The molecule has 0 saturated heterocycles. The number of nitrogens with one attached hydrogen (secondary N) is 2. The van der Waals surface area contributed by atoms with Crippen molar-refractivity contribution in [3.05, 3.63) is 48.5 Å². The van der Waals surface area contributed by atoms with E-state index in [4.69, 9.17) is 0 Å². The molecule has 1 amide bonds. The Labute approximate surface area is 119 Å². The van der Waals surface area contributed by atoms with E-state index in [1.54, 1.807) is 6.20 Å². The second-order valence-electron chi connectivity index (χ2n) is 4.92. The molecule has 0 bridgehead atoms. The second kappa shape index (κ2) is 6.86. The van der Waals surface area contributed by atoms with E-state index in [9.17, 15) is 4.79 Å². The number of benzene rings is 1. The van der Waals surface area contributed by atoms with E-state index in [0.717, 1.165) is 18.8 Å². The third-order valence-corrected chi connectivity index (χ3v) is 2.97. The van der Waals surface area contributed by atoms with Gasteiger partial charge in [-0.3, -0.25) is 4.79 Å². The van der Waals surface area contributed by atoms with Crippen molar-refractivity contribution < 1.29 is 4.79 Å². The van der Waals surface area contributed by atoms with Crippen molar-refractivity contribution in [2.45, 2.75) is 33.0 Å². The number of rotatable bonds is 6. The van der Waals surface area contributed by atoms with Crippen molar-refractivity contribution in [3.63, 3.8) is 0 Å². The highest BCUT2D eigenvalue weighted by atomic mass is 16.1. The molecule has 0 saturated carbocycles. The molecule has 5 heteroatoms. The van der Waals surface area contributed by atoms with Crippen molar-refractivity contribution in [1.82, 2.24) is 14.9 Å². The molecule has 0 unspecified atom stereocenters. The molecule has 0 aliphatic heterocycles. The first-order valence-electron chi connectivity index (χ1n) is 6.69. The Hall–Kier alpha value is -2.14. The molecule has 2 rings (SSSR count). The first-order chi connectivity index (χ1) is 9.63. The number of imidazole rings is 1. The lowest BCUT2D eigenvalue weighted by molar-refractivity contribution is -0.114. The van der Waals surface area contributed by atoms with Crippen LogP contribution >= 0.6 is 0 Å². The van der Waals surface area contributed by atoms with Gasteiger partial charge in [0.1, 0.15) is 0 Å². The summed E-state index contributed by atoms with van der Waals surface area (Å²) < 4.78 is 2.05. The number of carbonyl (C=O) groups excluding carboxylic acids is 1. The highest BCUT2D eigenvalue weighted by Crippen LogP contribution is 2.09. The van der Waals surface area contributed by atoms with Gasteiger partial charge in [-0.25, -0.2) is 4.98 Å². The quantitative estimate of drug-likeness (QED) is 0.846. The number of aromatic nitrogens is 2. The van der Waals surface area contributed by atoms with Crippen molar-refractivity contribution in [2.75, 3.05) is 5.32 Å². The fourth-order valence-electron chi connectivity index (χ4n) is 1.98. The summed E-state index contributed by atoms with van der Waals surface area (Å²) in [5.41, 5.74) is 2.02. The van der Waals surface area contributed by atoms with Crippen molar-refractivity contribution in [2.24, 2.45) is 0 Å². The second-order valence-corrected chi connectivity index (χ2v) is 4.92. The average Bonchev–Trinajstić information content (AvgIpc) is 2.90. The summed E-state index contributed by atoms with van der Waals surface area (Å²) in [6.07, 6.45) is 5.56. The summed E-state index contributed by atoms with van der Waals surface area (Å²) in [6, 6.07) is 8.22. The lowest BCUT2D eigenvalue weighted by atomic mass is 10.2. The SMILES string of the molecule is CC(=O)Nc1ccc(CN[C@@H](C)Cn2ccnc2)cc1. The Morgan fingerprint density at radius 1 is 1.35 bits per heavy atom. The highest BCUT2D eigenvalue weighted by molar-refractivity contribution is 5.88. The van der Waals surface area contributed by atoms with Crippen LogP contribution in [-0.2, 0) is 17.9 Å². The van der Waals surface area contributed by atoms with Gasteiger partial charge in [0.25, 0.3) is 0 Å². The number of amides is 1. The van der Waals surface area contributed by atoms with Crippen LogP contribution in [0, 0.1) is 0 Å². The first kappa shape index (κ1) is 14.3. The maximum absolute atomic E-state index is 10.9. The minimum atomic E-state index is -0.0511. The van der Waals surface area contributed by atoms with E-state index in [0.29, 0.717) is 6.04 Å². The number of anilines is 1. The Morgan fingerprint density at radius 3 is 2.70 bits per heavy atom. The van der Waals surface area contributed by atoms with Crippen LogP contribution in [0.2, 0.25) is 0 Å². The van der Waals surface area contributed by atoms with E-state index in [-0.39, 0.29) is 5.91 Å². The molecule has 5 nitrogen and oxygen atoms in total. The normalized spacial score (nSPS) is 12.1. The summed E-state index contributed by atoms with van der Waals surface area (Å²) in [7, 11) is 0. The van der Waals surface area contributed by atoms with E-state index < -0.39 is 0 Å². The van der Waals surface area contributed by atoms with Gasteiger partial charge in [-0.1, -0.05) is 12.1 Å². The van der Waals surface area contributed by atoms with E-state index in [1.165, 1.54) is 12.5 Å². The summed E-state index contributed by atoms with van der Waals surface area (Å²) in [4.78, 5) is 15.0. The van der Waals surface area contributed by atoms with E-state index in [2.05, 4.69) is 27.1 Å². The van der Waals surface area contributed by atoms with Gasteiger partial charge in [0, 0.05) is 44.1 Å². The maximum Gasteiger partial charge on any atom is 0.221 e. The molecule has 1 aromatic heterocycles. The largest absolute Gasteiger partial charge is 0.336 e. The number of nitrogens with zero attached hydrogens (tertiary/aromatic N) is 2. The minimum Gasteiger partial charge on any atom is -0.336 e. The molecule has 0 aliphatic rings. The zero-order chi connectivity index (χ0) is 14.4. The third-order valence-electron chi connectivity index (χ3n) is 2.97. The van der Waals surface area contributed by atoms with Crippen molar-refractivity contribution in [1.29, 1.82) is 0 Å². The van der Waals surface area contributed by atoms with Crippen LogP contribution in [0.1, 0.15) is 19.4 Å². The van der Waals surface area contributed by atoms with Crippen molar-refractivity contribution >= 4 is 11.6 Å².